The molecule has 2 heteroatoms. The quantitative estimate of drug-likeness (QED) is 0.782. The predicted molar refractivity (Wildman–Crippen MR) is 62.6 cm³/mol. The molecule has 1 aromatic rings. The highest BCUT2D eigenvalue weighted by Gasteiger charge is 2.05. The van der Waals surface area contributed by atoms with Crippen molar-refractivity contribution >= 4 is 5.69 Å². The Hall–Kier alpha value is -1.28. The lowest BCUT2D eigenvalue weighted by molar-refractivity contribution is 0.849. The van der Waals surface area contributed by atoms with Crippen LogP contribution in [0.5, 0.6) is 0 Å². The van der Waals surface area contributed by atoms with E-state index < -0.39 is 0 Å². The number of likely N-dealkylation sites (N-methyl/N-ethyl adjacent to an activating group) is 2. The van der Waals surface area contributed by atoms with E-state index in [9.17, 15) is 0 Å². The van der Waals surface area contributed by atoms with Crippen LogP contribution in [-0.2, 0) is 0 Å². The second-order valence-corrected chi connectivity index (χ2v) is 3.44. The summed E-state index contributed by atoms with van der Waals surface area (Å²) in [7, 11) is 3.97. The fourth-order valence-corrected chi connectivity index (χ4v) is 1.43. The van der Waals surface area contributed by atoms with Crippen LogP contribution in [0.1, 0.15) is 5.56 Å². The van der Waals surface area contributed by atoms with E-state index in [1.807, 2.05) is 26.2 Å². The molecule has 0 aliphatic carbocycles. The molecule has 1 N–H and O–H groups in total. The Kier molecular flexibility index (Phi) is 3.72. The maximum Gasteiger partial charge on any atom is 0.0435 e. The number of hydrogen-bond donors (Lipinski definition) is 1. The Morgan fingerprint density at radius 3 is 2.64 bits per heavy atom. The van der Waals surface area contributed by atoms with Gasteiger partial charge in [-0.1, -0.05) is 24.8 Å². The number of hydrogen-bond acceptors (Lipinski definition) is 2. The van der Waals surface area contributed by atoms with Crippen molar-refractivity contribution in [3.8, 4) is 0 Å². The summed E-state index contributed by atoms with van der Waals surface area (Å²) in [4.78, 5) is 2.12. The summed E-state index contributed by atoms with van der Waals surface area (Å²) in [5.41, 5.74) is 3.56. The summed E-state index contributed by atoms with van der Waals surface area (Å²) in [5, 5.41) is 3.10. The Bertz CT molecular complexity index is 318. The molecule has 0 aliphatic heterocycles. The number of aryl methyl sites for hydroxylation is 1. The molecular formula is C12H18N2. The molecule has 0 amide bonds. The van der Waals surface area contributed by atoms with Gasteiger partial charge in [0.25, 0.3) is 0 Å². The normalized spacial score (nSPS) is 9.93. The highest BCUT2D eigenvalue weighted by molar-refractivity contribution is 5.56. The number of benzene rings is 1. The van der Waals surface area contributed by atoms with Crippen LogP contribution in [0.25, 0.3) is 0 Å². The van der Waals surface area contributed by atoms with Crippen LogP contribution in [0.15, 0.2) is 36.5 Å². The van der Waals surface area contributed by atoms with E-state index >= 15 is 0 Å². The molecule has 0 heterocycles. The van der Waals surface area contributed by atoms with Gasteiger partial charge in [0.2, 0.25) is 0 Å². The molecule has 0 saturated carbocycles. The zero-order valence-corrected chi connectivity index (χ0v) is 9.17. The first-order chi connectivity index (χ1) is 6.66. The van der Waals surface area contributed by atoms with Crippen LogP contribution < -0.4 is 10.2 Å². The van der Waals surface area contributed by atoms with E-state index in [0.717, 1.165) is 12.2 Å². The van der Waals surface area contributed by atoms with Gasteiger partial charge in [0.15, 0.2) is 0 Å². The van der Waals surface area contributed by atoms with Gasteiger partial charge in [-0.15, -0.1) is 0 Å². The van der Waals surface area contributed by atoms with Gasteiger partial charge >= 0.3 is 0 Å². The molecule has 0 unspecified atom stereocenters. The van der Waals surface area contributed by atoms with E-state index in [2.05, 4.69) is 35.9 Å². The molecule has 0 atom stereocenters. The summed E-state index contributed by atoms with van der Waals surface area (Å²) in [6.07, 6.45) is 0. The molecule has 76 valence electrons. The van der Waals surface area contributed by atoms with E-state index in [4.69, 9.17) is 0 Å². The molecule has 2 nitrogen and oxygen atoms in total. The fourth-order valence-electron chi connectivity index (χ4n) is 1.43. The molecule has 1 rings (SSSR count). The van der Waals surface area contributed by atoms with E-state index in [1.54, 1.807) is 0 Å². The van der Waals surface area contributed by atoms with Crippen molar-refractivity contribution in [3.63, 3.8) is 0 Å². The maximum atomic E-state index is 4.03. The van der Waals surface area contributed by atoms with Gasteiger partial charge in [-0.25, -0.2) is 0 Å². The van der Waals surface area contributed by atoms with Gasteiger partial charge in [-0.2, -0.15) is 0 Å². The van der Waals surface area contributed by atoms with Crippen LogP contribution in [0.3, 0.4) is 0 Å². The number of nitrogens with one attached hydrogen (secondary N) is 1. The lowest BCUT2D eigenvalue weighted by Crippen LogP contribution is -2.24. The fraction of sp³-hybridized carbons (Fsp3) is 0.333. The zero-order valence-electron chi connectivity index (χ0n) is 9.17. The molecule has 14 heavy (non-hydrogen) atoms. The molecule has 0 spiro atoms. The van der Waals surface area contributed by atoms with Crippen LogP contribution in [0.2, 0.25) is 0 Å². The van der Waals surface area contributed by atoms with Crippen molar-refractivity contribution in [2.45, 2.75) is 6.92 Å². The minimum absolute atomic E-state index is 0.810. The maximum absolute atomic E-state index is 4.03. The Morgan fingerprint density at radius 2 is 2.07 bits per heavy atom. The first kappa shape index (κ1) is 10.8. The largest absolute Gasteiger partial charge is 0.347 e. The van der Waals surface area contributed by atoms with Crippen LogP contribution >= 0.6 is 0 Å². The van der Waals surface area contributed by atoms with Gasteiger partial charge in [-0.3, -0.25) is 0 Å². The molecule has 0 saturated heterocycles. The highest BCUT2D eigenvalue weighted by atomic mass is 15.1. The van der Waals surface area contributed by atoms with Crippen LogP contribution in [0.4, 0.5) is 5.69 Å². The van der Waals surface area contributed by atoms with Gasteiger partial charge in [0.05, 0.1) is 0 Å². The Balaban J connectivity index is 2.84. The third-order valence-electron chi connectivity index (χ3n) is 2.33. The minimum Gasteiger partial charge on any atom is -0.347 e. The number of nitrogens with zero attached hydrogens (tertiary/aromatic N) is 1. The van der Waals surface area contributed by atoms with Crippen molar-refractivity contribution in [1.29, 1.82) is 0 Å². The first-order valence-electron chi connectivity index (χ1n) is 4.78. The Labute approximate surface area is 86.2 Å². The third-order valence-corrected chi connectivity index (χ3v) is 2.33. The molecule has 0 aliphatic rings. The van der Waals surface area contributed by atoms with Gasteiger partial charge < -0.3 is 10.2 Å². The topological polar surface area (TPSA) is 15.3 Å². The molecular weight excluding hydrogens is 172 g/mol. The molecule has 1 aromatic carbocycles. The van der Waals surface area contributed by atoms with Crippen molar-refractivity contribution in [3.05, 3.63) is 42.1 Å². The van der Waals surface area contributed by atoms with Crippen LogP contribution in [-0.4, -0.2) is 20.6 Å². The first-order valence-corrected chi connectivity index (χ1v) is 4.78. The molecule has 0 bridgehead atoms. The summed E-state index contributed by atoms with van der Waals surface area (Å²) < 4.78 is 0. The summed E-state index contributed by atoms with van der Waals surface area (Å²) in [6, 6.07) is 8.31. The second kappa shape index (κ2) is 4.82. The van der Waals surface area contributed by atoms with Crippen molar-refractivity contribution in [2.75, 3.05) is 25.5 Å². The lowest BCUT2D eigenvalue weighted by atomic mass is 10.2. The monoisotopic (exact) mass is 190 g/mol. The smallest absolute Gasteiger partial charge is 0.0435 e. The van der Waals surface area contributed by atoms with Crippen molar-refractivity contribution < 1.29 is 0 Å². The molecule has 0 fully saturated rings. The van der Waals surface area contributed by atoms with Gasteiger partial charge in [0, 0.05) is 25.0 Å². The second-order valence-electron chi connectivity index (χ2n) is 3.44. The van der Waals surface area contributed by atoms with Crippen molar-refractivity contribution in [2.24, 2.45) is 0 Å². The number of para-hydroxylation sites is 1. The molecule has 0 radical (unpaired) electrons. The van der Waals surface area contributed by atoms with E-state index in [-0.39, 0.29) is 0 Å². The third kappa shape index (κ3) is 2.36. The van der Waals surface area contributed by atoms with E-state index in [0.29, 0.717) is 0 Å². The predicted octanol–water partition coefficient (Wildman–Crippen LogP) is 2.16. The number of rotatable bonds is 4. The van der Waals surface area contributed by atoms with Gasteiger partial charge in [0.1, 0.15) is 0 Å². The lowest BCUT2D eigenvalue weighted by Gasteiger charge is -2.23. The number of anilines is 1. The highest BCUT2D eigenvalue weighted by Crippen LogP contribution is 2.20. The van der Waals surface area contributed by atoms with Gasteiger partial charge in [-0.05, 0) is 25.6 Å². The minimum atomic E-state index is 0.810. The van der Waals surface area contributed by atoms with Crippen molar-refractivity contribution in [1.82, 2.24) is 5.32 Å². The summed E-state index contributed by atoms with van der Waals surface area (Å²) >= 11 is 0. The standard InChI is InChI=1S/C12H18N2/c1-10-7-5-6-8-12(10)14(4)11(2)9-13-3/h5-8,13H,2,9H2,1,3-4H3. The summed E-state index contributed by atoms with van der Waals surface area (Å²) in [5.74, 6) is 0. The summed E-state index contributed by atoms with van der Waals surface area (Å²) in [6.45, 7) is 6.95. The molecule has 0 aromatic heterocycles. The SMILES string of the molecule is C=C(CNC)N(C)c1ccccc1C. The Morgan fingerprint density at radius 1 is 1.43 bits per heavy atom. The zero-order chi connectivity index (χ0) is 10.6. The van der Waals surface area contributed by atoms with E-state index in [1.165, 1.54) is 11.3 Å². The average molecular weight is 190 g/mol. The van der Waals surface area contributed by atoms with Crippen LogP contribution in [0, 0.1) is 6.92 Å². The average Bonchev–Trinajstić information content (AvgIpc) is 2.18.